The number of hydrogen-bond donors (Lipinski definition) is 0. The molecule has 1 aromatic heterocycles. The van der Waals surface area contributed by atoms with E-state index < -0.39 is 0 Å². The second-order valence-electron chi connectivity index (χ2n) is 3.90. The number of nitrogens with zero attached hydrogens (tertiary/aromatic N) is 1. The molecule has 0 bridgehead atoms. The van der Waals surface area contributed by atoms with Crippen molar-refractivity contribution in [3.8, 4) is 0 Å². The highest BCUT2D eigenvalue weighted by Gasteiger charge is 1.95. The molecule has 4 heteroatoms. The van der Waals surface area contributed by atoms with Gasteiger partial charge in [0.15, 0.2) is 3.95 Å². The third-order valence-corrected chi connectivity index (χ3v) is 2.33. The predicted octanol–water partition coefficient (Wildman–Crippen LogP) is 5.17. The van der Waals surface area contributed by atoms with Crippen molar-refractivity contribution in [2.24, 2.45) is 5.92 Å². The van der Waals surface area contributed by atoms with Crippen LogP contribution >= 0.6 is 23.6 Å². The van der Waals surface area contributed by atoms with Crippen LogP contribution in [0.25, 0.3) is 0 Å². The Morgan fingerprint density at radius 1 is 1.12 bits per heavy atom. The lowest BCUT2D eigenvalue weighted by atomic mass is 10.3. The molecule has 0 saturated carbocycles. The molecule has 0 unspecified atom stereocenters. The van der Waals surface area contributed by atoms with E-state index in [4.69, 9.17) is 12.2 Å². The SMILES string of the molecule is CC.CC(C)C.CC(C)n1ccsc1=S.[B]. The first-order valence-corrected chi connectivity index (χ1v) is 6.89. The molecule has 1 rings (SSSR count). The first-order valence-electron chi connectivity index (χ1n) is 5.60. The van der Waals surface area contributed by atoms with Gasteiger partial charge in [-0.1, -0.05) is 34.6 Å². The fraction of sp³-hybridized carbons (Fsp3) is 0.750. The highest BCUT2D eigenvalue weighted by atomic mass is 32.1. The number of hydrogen-bond acceptors (Lipinski definition) is 2. The molecule has 0 aliphatic carbocycles. The predicted molar refractivity (Wildman–Crippen MR) is 81.1 cm³/mol. The van der Waals surface area contributed by atoms with Crippen LogP contribution in [-0.2, 0) is 0 Å². The summed E-state index contributed by atoms with van der Waals surface area (Å²) in [6.07, 6.45) is 2.03. The molecule has 0 spiro atoms. The van der Waals surface area contributed by atoms with Crippen LogP contribution in [0.4, 0.5) is 0 Å². The van der Waals surface area contributed by atoms with E-state index in [0.29, 0.717) is 6.04 Å². The second-order valence-corrected chi connectivity index (χ2v) is 5.44. The Morgan fingerprint density at radius 3 is 1.62 bits per heavy atom. The van der Waals surface area contributed by atoms with E-state index in [9.17, 15) is 0 Å². The van der Waals surface area contributed by atoms with Gasteiger partial charge in [0, 0.05) is 26.0 Å². The van der Waals surface area contributed by atoms with Crippen molar-refractivity contribution in [3.05, 3.63) is 15.5 Å². The van der Waals surface area contributed by atoms with Crippen LogP contribution in [0.3, 0.4) is 0 Å². The summed E-state index contributed by atoms with van der Waals surface area (Å²) in [5.74, 6) is 0.833. The zero-order chi connectivity index (χ0) is 12.4. The van der Waals surface area contributed by atoms with Crippen LogP contribution in [0.2, 0.25) is 0 Å². The number of aromatic nitrogens is 1. The van der Waals surface area contributed by atoms with E-state index in [1.165, 1.54) is 0 Å². The minimum Gasteiger partial charge on any atom is -0.328 e. The normalized spacial score (nSPS) is 8.56. The summed E-state index contributed by atoms with van der Waals surface area (Å²) in [6, 6.07) is 0.503. The summed E-state index contributed by atoms with van der Waals surface area (Å²) in [4.78, 5) is 0. The van der Waals surface area contributed by atoms with Crippen molar-refractivity contribution < 1.29 is 0 Å². The van der Waals surface area contributed by atoms with Crippen molar-refractivity contribution >= 4 is 32.0 Å². The average Bonchev–Trinajstić information content (AvgIpc) is 2.54. The molecule has 93 valence electrons. The molecule has 0 aromatic carbocycles. The lowest BCUT2D eigenvalue weighted by Gasteiger charge is -2.03. The largest absolute Gasteiger partial charge is 0.328 e. The van der Waals surface area contributed by atoms with E-state index in [0.717, 1.165) is 9.87 Å². The Kier molecular flexibility index (Phi) is 17.2. The molecule has 1 nitrogen and oxygen atoms in total. The molecular weight excluding hydrogens is 233 g/mol. The Bertz CT molecular complexity index is 274. The highest BCUT2D eigenvalue weighted by Crippen LogP contribution is 2.09. The maximum Gasteiger partial charge on any atom is 0.161 e. The van der Waals surface area contributed by atoms with Crippen LogP contribution in [0.5, 0.6) is 0 Å². The quantitative estimate of drug-likeness (QED) is 0.497. The molecule has 0 fully saturated rings. The molecule has 1 aromatic rings. The topological polar surface area (TPSA) is 4.93 Å². The summed E-state index contributed by atoms with van der Waals surface area (Å²) in [6.45, 7) is 14.8. The number of thiazole rings is 1. The maximum atomic E-state index is 5.04. The van der Waals surface area contributed by atoms with E-state index in [-0.39, 0.29) is 8.41 Å². The van der Waals surface area contributed by atoms with Gasteiger partial charge in [-0.05, 0) is 32.0 Å². The summed E-state index contributed by atoms with van der Waals surface area (Å²) >= 11 is 6.65. The van der Waals surface area contributed by atoms with Crippen LogP contribution in [0.1, 0.15) is 54.5 Å². The van der Waals surface area contributed by atoms with Gasteiger partial charge in [-0.15, -0.1) is 11.3 Å². The van der Waals surface area contributed by atoms with Gasteiger partial charge in [-0.2, -0.15) is 0 Å². The summed E-state index contributed by atoms with van der Waals surface area (Å²) in [5, 5.41) is 2.02. The molecule has 0 N–H and O–H groups in total. The molecule has 0 atom stereocenters. The number of rotatable bonds is 1. The fourth-order valence-electron chi connectivity index (χ4n) is 0.659. The Hall–Kier alpha value is -0.0851. The Labute approximate surface area is 112 Å². The standard InChI is InChI=1S/C6H9NS2.C4H10.C2H6.B/c1-5(2)7-3-4-9-6(7)8;1-4(2)3;1-2;/h3-5H,1-2H3;4H,1-3H3;1-2H3;. The van der Waals surface area contributed by atoms with Crippen LogP contribution < -0.4 is 0 Å². The molecule has 0 saturated heterocycles. The van der Waals surface area contributed by atoms with Crippen LogP contribution in [0, 0.1) is 9.87 Å². The second kappa shape index (κ2) is 13.0. The van der Waals surface area contributed by atoms with Gasteiger partial charge in [-0.25, -0.2) is 0 Å². The molecule has 3 radical (unpaired) electrons. The lowest BCUT2D eigenvalue weighted by molar-refractivity contribution is 0.600. The minimum absolute atomic E-state index is 0. The molecular formula is C12H25BNS2. The van der Waals surface area contributed by atoms with Crippen molar-refractivity contribution in [1.29, 1.82) is 0 Å². The first-order chi connectivity index (χ1) is 6.95. The zero-order valence-corrected chi connectivity index (χ0v) is 13.3. The van der Waals surface area contributed by atoms with Gasteiger partial charge < -0.3 is 4.57 Å². The van der Waals surface area contributed by atoms with Crippen molar-refractivity contribution in [3.63, 3.8) is 0 Å². The van der Waals surface area contributed by atoms with E-state index >= 15 is 0 Å². The summed E-state index contributed by atoms with van der Waals surface area (Å²) in [7, 11) is 0. The van der Waals surface area contributed by atoms with Crippen LogP contribution in [-0.4, -0.2) is 13.0 Å². The van der Waals surface area contributed by atoms with Gasteiger partial charge >= 0.3 is 0 Å². The summed E-state index contributed by atoms with van der Waals surface area (Å²) in [5.41, 5.74) is 0. The minimum atomic E-state index is 0. The monoisotopic (exact) mass is 258 g/mol. The average molecular weight is 258 g/mol. The zero-order valence-electron chi connectivity index (χ0n) is 11.7. The van der Waals surface area contributed by atoms with Crippen molar-refractivity contribution in [2.75, 3.05) is 0 Å². The fourth-order valence-corrected chi connectivity index (χ4v) is 1.80. The van der Waals surface area contributed by atoms with Gasteiger partial charge in [0.25, 0.3) is 0 Å². The summed E-state index contributed by atoms with van der Waals surface area (Å²) < 4.78 is 3.05. The third kappa shape index (κ3) is 12.0. The molecule has 16 heavy (non-hydrogen) atoms. The van der Waals surface area contributed by atoms with Gasteiger partial charge in [0.2, 0.25) is 0 Å². The van der Waals surface area contributed by atoms with Crippen molar-refractivity contribution in [2.45, 2.75) is 54.5 Å². The Balaban J connectivity index is -0.000000209. The first kappa shape index (κ1) is 21.2. The lowest BCUT2D eigenvalue weighted by Crippen LogP contribution is -1.96. The molecule has 0 aliphatic heterocycles. The smallest absolute Gasteiger partial charge is 0.161 e. The van der Waals surface area contributed by atoms with E-state index in [2.05, 4.69) is 39.2 Å². The molecule has 1 heterocycles. The van der Waals surface area contributed by atoms with E-state index in [1.807, 2.05) is 25.4 Å². The van der Waals surface area contributed by atoms with Crippen LogP contribution in [0.15, 0.2) is 11.6 Å². The molecule has 0 amide bonds. The van der Waals surface area contributed by atoms with Gasteiger partial charge in [0.05, 0.1) is 0 Å². The highest BCUT2D eigenvalue weighted by molar-refractivity contribution is 7.73. The third-order valence-electron chi connectivity index (χ3n) is 1.16. The molecule has 0 aliphatic rings. The van der Waals surface area contributed by atoms with Gasteiger partial charge in [-0.3, -0.25) is 0 Å². The van der Waals surface area contributed by atoms with Crippen molar-refractivity contribution in [1.82, 2.24) is 4.57 Å². The van der Waals surface area contributed by atoms with Gasteiger partial charge in [0.1, 0.15) is 0 Å². The Morgan fingerprint density at radius 2 is 1.50 bits per heavy atom. The van der Waals surface area contributed by atoms with E-state index in [1.54, 1.807) is 11.3 Å². The maximum absolute atomic E-state index is 5.04.